The molecular formula is C28H54N2O4S. The molecular weight excluding hydrogens is 460 g/mol. The molecule has 0 aliphatic carbocycles. The van der Waals surface area contributed by atoms with Gasteiger partial charge in [0.1, 0.15) is 0 Å². The summed E-state index contributed by atoms with van der Waals surface area (Å²) in [6, 6.07) is 0. The van der Waals surface area contributed by atoms with E-state index >= 15 is 0 Å². The maximum absolute atomic E-state index is 11.4. The fourth-order valence-corrected chi connectivity index (χ4v) is 4.98. The Morgan fingerprint density at radius 2 is 1.09 bits per heavy atom. The molecule has 0 rings (SSSR count). The molecule has 206 valence electrons. The predicted molar refractivity (Wildman–Crippen MR) is 146 cm³/mol. The Kier molecular flexibility index (Phi) is 21.4. The van der Waals surface area contributed by atoms with Crippen LogP contribution in [0.1, 0.15) is 122 Å². The molecule has 0 saturated heterocycles. The predicted octanol–water partition coefficient (Wildman–Crippen LogP) is 5.77. The molecule has 0 heterocycles. The second-order valence-electron chi connectivity index (χ2n) is 10.7. The van der Waals surface area contributed by atoms with E-state index in [9.17, 15) is 17.8 Å². The van der Waals surface area contributed by atoms with Gasteiger partial charge in [-0.3, -0.25) is 4.79 Å². The smallest absolute Gasteiger partial charge is 0.220 e. The van der Waals surface area contributed by atoms with Gasteiger partial charge in [-0.1, -0.05) is 95.8 Å². The van der Waals surface area contributed by atoms with Gasteiger partial charge in [-0.25, -0.2) is 8.42 Å². The van der Waals surface area contributed by atoms with Gasteiger partial charge in [0.15, 0.2) is 0 Å². The number of unbranched alkanes of at least 4 members (excludes halogenated alkanes) is 16. The van der Waals surface area contributed by atoms with Gasteiger partial charge >= 0.3 is 0 Å². The monoisotopic (exact) mass is 514 g/mol. The van der Waals surface area contributed by atoms with Crippen molar-refractivity contribution >= 4 is 16.0 Å². The van der Waals surface area contributed by atoms with E-state index < -0.39 is 10.1 Å². The maximum Gasteiger partial charge on any atom is 0.220 e. The lowest BCUT2D eigenvalue weighted by Gasteiger charge is -2.30. The Balaban J connectivity index is 3.28. The third-order valence-electron chi connectivity index (χ3n) is 6.71. The third-order valence-corrected chi connectivity index (χ3v) is 7.50. The summed E-state index contributed by atoms with van der Waals surface area (Å²) in [6.07, 6.45) is 28.0. The number of carbonyl (C=O) groups is 1. The zero-order valence-corrected chi connectivity index (χ0v) is 23.6. The van der Waals surface area contributed by atoms with Gasteiger partial charge < -0.3 is 14.4 Å². The van der Waals surface area contributed by atoms with E-state index in [4.69, 9.17) is 6.42 Å². The van der Waals surface area contributed by atoms with Crippen molar-refractivity contribution < 1.29 is 22.2 Å². The summed E-state index contributed by atoms with van der Waals surface area (Å²) in [5.74, 6) is 2.25. The number of rotatable bonds is 25. The lowest BCUT2D eigenvalue weighted by molar-refractivity contribution is -0.890. The Labute approximate surface area is 217 Å². The molecule has 7 heteroatoms. The van der Waals surface area contributed by atoms with E-state index in [1.165, 1.54) is 96.3 Å². The van der Waals surface area contributed by atoms with Crippen LogP contribution in [0.15, 0.2) is 0 Å². The van der Waals surface area contributed by atoms with Gasteiger partial charge in [-0.05, 0) is 19.3 Å². The second-order valence-corrected chi connectivity index (χ2v) is 12.3. The van der Waals surface area contributed by atoms with E-state index in [0.29, 0.717) is 19.4 Å². The molecule has 0 aliphatic heterocycles. The van der Waals surface area contributed by atoms with Crippen LogP contribution in [0.4, 0.5) is 0 Å². The Morgan fingerprint density at radius 3 is 1.49 bits per heavy atom. The van der Waals surface area contributed by atoms with Crippen molar-refractivity contribution in [3.05, 3.63) is 0 Å². The number of hydrogen-bond donors (Lipinski definition) is 1. The van der Waals surface area contributed by atoms with Crippen molar-refractivity contribution in [2.75, 3.05) is 39.5 Å². The highest BCUT2D eigenvalue weighted by molar-refractivity contribution is 7.85. The van der Waals surface area contributed by atoms with Gasteiger partial charge in [0.25, 0.3) is 0 Å². The summed E-state index contributed by atoms with van der Waals surface area (Å²) in [4.78, 5) is 11.4. The van der Waals surface area contributed by atoms with E-state index in [2.05, 4.69) is 25.3 Å². The molecule has 6 nitrogen and oxygen atoms in total. The number of amides is 1. The van der Waals surface area contributed by atoms with Gasteiger partial charge in [0.2, 0.25) is 5.91 Å². The number of quaternary nitrogens is 1. The number of hydrogen-bond acceptors (Lipinski definition) is 4. The highest BCUT2D eigenvalue weighted by Gasteiger charge is 2.14. The van der Waals surface area contributed by atoms with Crippen LogP contribution in [0.3, 0.4) is 0 Å². The van der Waals surface area contributed by atoms with Crippen LogP contribution in [-0.2, 0) is 14.9 Å². The van der Waals surface area contributed by atoms with Crippen LogP contribution in [0.25, 0.3) is 0 Å². The molecule has 0 bridgehead atoms. The molecule has 0 fully saturated rings. The summed E-state index contributed by atoms with van der Waals surface area (Å²) < 4.78 is 32.9. The minimum Gasteiger partial charge on any atom is -0.748 e. The van der Waals surface area contributed by atoms with Crippen molar-refractivity contribution in [3.63, 3.8) is 0 Å². The summed E-state index contributed by atoms with van der Waals surface area (Å²) in [6.45, 7) is 2.13. The van der Waals surface area contributed by atoms with Crippen LogP contribution in [0, 0.1) is 12.3 Å². The number of carbonyl (C=O) groups excluding carboxylic acids is 1. The first-order valence-electron chi connectivity index (χ1n) is 14.1. The van der Waals surface area contributed by atoms with Crippen LogP contribution >= 0.6 is 0 Å². The molecule has 0 aromatic heterocycles. The van der Waals surface area contributed by atoms with E-state index in [1.807, 2.05) is 0 Å². The van der Waals surface area contributed by atoms with Crippen molar-refractivity contribution in [1.29, 1.82) is 0 Å². The van der Waals surface area contributed by atoms with Crippen molar-refractivity contribution in [1.82, 2.24) is 5.32 Å². The maximum atomic E-state index is 11.4. The molecule has 35 heavy (non-hydrogen) atoms. The van der Waals surface area contributed by atoms with Gasteiger partial charge in [-0.15, -0.1) is 6.42 Å². The first-order valence-corrected chi connectivity index (χ1v) is 15.7. The molecule has 1 N–H and O–H groups in total. The molecule has 0 atom stereocenters. The minimum atomic E-state index is -4.08. The summed E-state index contributed by atoms with van der Waals surface area (Å²) >= 11 is 0. The van der Waals surface area contributed by atoms with Crippen LogP contribution < -0.4 is 5.32 Å². The van der Waals surface area contributed by atoms with Gasteiger partial charge in [0, 0.05) is 18.6 Å². The third kappa shape index (κ3) is 27.3. The average Bonchev–Trinajstić information content (AvgIpc) is 2.78. The average molecular weight is 515 g/mol. The molecule has 1 amide bonds. The van der Waals surface area contributed by atoms with Crippen LogP contribution in [0.5, 0.6) is 0 Å². The van der Waals surface area contributed by atoms with E-state index in [1.54, 1.807) is 0 Å². The topological polar surface area (TPSA) is 86.3 Å². The number of nitrogens with one attached hydrogen (secondary N) is 1. The van der Waals surface area contributed by atoms with Crippen LogP contribution in [0.2, 0.25) is 0 Å². The van der Waals surface area contributed by atoms with Gasteiger partial charge in [0.05, 0.1) is 43.8 Å². The van der Waals surface area contributed by atoms with Crippen molar-refractivity contribution in [2.24, 2.45) is 0 Å². The largest absolute Gasteiger partial charge is 0.748 e. The summed E-state index contributed by atoms with van der Waals surface area (Å²) in [5.41, 5.74) is 0. The van der Waals surface area contributed by atoms with Crippen LogP contribution in [-0.4, -0.2) is 62.8 Å². The quantitative estimate of drug-likeness (QED) is 0.0725. The molecule has 0 unspecified atom stereocenters. The second kappa shape index (κ2) is 22.1. The lowest BCUT2D eigenvalue weighted by atomic mass is 10.0. The molecule has 0 aliphatic rings. The Morgan fingerprint density at radius 1 is 0.714 bits per heavy atom. The molecule has 0 saturated carbocycles. The fraction of sp³-hybridized carbons (Fsp3) is 0.893. The van der Waals surface area contributed by atoms with Crippen molar-refractivity contribution in [3.8, 4) is 12.3 Å². The first-order chi connectivity index (χ1) is 16.7. The molecule has 0 radical (unpaired) electrons. The molecule has 0 spiro atoms. The Bertz CT molecular complexity index is 656. The number of terminal acetylenes is 1. The highest BCUT2D eigenvalue weighted by atomic mass is 32.2. The summed E-state index contributed by atoms with van der Waals surface area (Å²) in [5, 5.41) is 2.71. The van der Waals surface area contributed by atoms with E-state index in [-0.39, 0.29) is 11.7 Å². The van der Waals surface area contributed by atoms with Crippen molar-refractivity contribution in [2.45, 2.75) is 122 Å². The first kappa shape index (κ1) is 33.9. The summed E-state index contributed by atoms with van der Waals surface area (Å²) in [7, 11) is 0.157. The van der Waals surface area contributed by atoms with Gasteiger partial charge in [-0.2, -0.15) is 0 Å². The normalized spacial score (nSPS) is 11.9. The zero-order valence-electron chi connectivity index (χ0n) is 22.8. The lowest BCUT2D eigenvalue weighted by Crippen LogP contribution is -2.41. The zero-order chi connectivity index (χ0) is 26.3. The SMILES string of the molecule is C#CCNC(=O)CCCCCCCCCCCCCCCCCCC[N+](C)(C)CCCS(=O)(=O)[O-]. The minimum absolute atomic E-state index is 0.0749. The highest BCUT2D eigenvalue weighted by Crippen LogP contribution is 2.15. The number of nitrogens with zero attached hydrogens (tertiary/aromatic N) is 1. The molecule has 0 aromatic carbocycles. The Hall–Kier alpha value is -1.10. The standard InChI is InChI=1S/C28H54N2O4S/c1-4-24-29-28(31)23-20-18-16-14-12-10-8-6-5-7-9-11-13-15-17-19-21-25-30(2,3)26-22-27-35(32,33)34/h1H,5-27H2,2-3H3,(H-,29,31,32,33,34). The molecule has 0 aromatic rings. The van der Waals surface area contributed by atoms with E-state index in [0.717, 1.165) is 30.4 Å². The fourth-order valence-electron chi connectivity index (χ4n) is 4.50.